The number of methoxy groups -OCH3 is 1. The zero-order chi connectivity index (χ0) is 27.8. The molecular weight excluding hydrogens is 514 g/mol. The molecule has 2 fully saturated rings. The Kier molecular flexibility index (Phi) is 7.10. The maximum Gasteiger partial charge on any atom is 0.213 e. The van der Waals surface area contributed by atoms with Gasteiger partial charge in [0, 0.05) is 73.7 Å². The van der Waals surface area contributed by atoms with Crippen LogP contribution in [0.3, 0.4) is 0 Å². The third-order valence-electron chi connectivity index (χ3n) is 7.90. The highest BCUT2D eigenvalue weighted by molar-refractivity contribution is 5.80. The van der Waals surface area contributed by atoms with Gasteiger partial charge in [0.05, 0.1) is 24.5 Å². The molecule has 4 heterocycles. The molecule has 8 nitrogen and oxygen atoms in total. The van der Waals surface area contributed by atoms with E-state index in [2.05, 4.69) is 19.8 Å². The first kappa shape index (κ1) is 26.2. The van der Waals surface area contributed by atoms with Crippen LogP contribution in [0.4, 0.5) is 20.3 Å². The van der Waals surface area contributed by atoms with Crippen LogP contribution in [0.25, 0.3) is 10.9 Å². The molecular formula is C30H32F2N6O2. The standard InChI is InChI=1S/C30H32F2N6O2/c1-40-29-11-19(8-9-34-29)15-37(23-3-2-10-36(18-23)22-6-7-28(33)35-14-22)16-20-17-38(21-4-5-21)27-13-26(32)25(31)12-24(27)30(20)39/h6-9,11-14,17,21,23H,2-5,10,15-16,18H2,1H3,(H2,33,35). The van der Waals surface area contributed by atoms with E-state index in [4.69, 9.17) is 10.5 Å². The predicted octanol–water partition coefficient (Wildman–Crippen LogP) is 4.67. The van der Waals surface area contributed by atoms with Crippen molar-refractivity contribution in [3.8, 4) is 5.88 Å². The number of hydrogen-bond acceptors (Lipinski definition) is 7. The first-order valence-electron chi connectivity index (χ1n) is 13.6. The number of anilines is 2. The quantitative estimate of drug-likeness (QED) is 0.344. The summed E-state index contributed by atoms with van der Waals surface area (Å²) in [5.74, 6) is -0.952. The number of hydrogen-bond donors (Lipinski definition) is 1. The minimum Gasteiger partial charge on any atom is -0.481 e. The highest BCUT2D eigenvalue weighted by atomic mass is 19.2. The van der Waals surface area contributed by atoms with E-state index in [-0.39, 0.29) is 22.9 Å². The van der Waals surface area contributed by atoms with Gasteiger partial charge in [-0.25, -0.2) is 18.7 Å². The van der Waals surface area contributed by atoms with Gasteiger partial charge in [0.15, 0.2) is 17.1 Å². The van der Waals surface area contributed by atoms with E-state index in [1.807, 2.05) is 29.0 Å². The average Bonchev–Trinajstić information content (AvgIpc) is 3.81. The van der Waals surface area contributed by atoms with Crippen molar-refractivity contribution < 1.29 is 13.5 Å². The SMILES string of the molecule is COc1cc(CN(Cc2cn(C3CC3)c3cc(F)c(F)cc3c2=O)C2CCCN(c3ccc(N)nc3)C2)ccn1. The Balaban J connectivity index is 1.37. The molecule has 10 heteroatoms. The van der Waals surface area contributed by atoms with Gasteiger partial charge in [-0.1, -0.05) is 0 Å². The highest BCUT2D eigenvalue weighted by Crippen LogP contribution is 2.37. The fourth-order valence-corrected chi connectivity index (χ4v) is 5.67. The van der Waals surface area contributed by atoms with E-state index >= 15 is 0 Å². The van der Waals surface area contributed by atoms with Gasteiger partial charge < -0.3 is 19.9 Å². The maximum atomic E-state index is 14.3. The molecule has 1 aliphatic heterocycles. The largest absolute Gasteiger partial charge is 0.481 e. The number of nitrogens with zero attached hydrogens (tertiary/aromatic N) is 5. The Morgan fingerprint density at radius 1 is 1.07 bits per heavy atom. The number of aromatic nitrogens is 3. The third-order valence-corrected chi connectivity index (χ3v) is 7.90. The van der Waals surface area contributed by atoms with Crippen LogP contribution in [-0.4, -0.2) is 45.7 Å². The van der Waals surface area contributed by atoms with Crippen LogP contribution in [0.2, 0.25) is 0 Å². The number of ether oxygens (including phenoxy) is 1. The number of nitrogen functional groups attached to an aromatic ring is 1. The molecule has 40 heavy (non-hydrogen) atoms. The highest BCUT2D eigenvalue weighted by Gasteiger charge is 2.29. The van der Waals surface area contributed by atoms with Crippen LogP contribution in [0, 0.1) is 11.6 Å². The first-order valence-corrected chi connectivity index (χ1v) is 13.6. The van der Waals surface area contributed by atoms with Gasteiger partial charge in [-0.15, -0.1) is 0 Å². The van der Waals surface area contributed by atoms with Gasteiger partial charge in [0.1, 0.15) is 5.82 Å². The Labute approximate surface area is 231 Å². The maximum absolute atomic E-state index is 14.3. The van der Waals surface area contributed by atoms with Crippen LogP contribution >= 0.6 is 0 Å². The first-order chi connectivity index (χ1) is 19.4. The molecule has 6 rings (SSSR count). The lowest BCUT2D eigenvalue weighted by molar-refractivity contribution is 0.158. The molecule has 2 N–H and O–H groups in total. The lowest BCUT2D eigenvalue weighted by Crippen LogP contribution is -2.48. The van der Waals surface area contributed by atoms with Crippen LogP contribution in [0.5, 0.6) is 5.88 Å². The molecule has 0 spiro atoms. The second kappa shape index (κ2) is 10.8. The zero-order valence-corrected chi connectivity index (χ0v) is 22.4. The molecule has 1 saturated heterocycles. The Morgan fingerprint density at radius 3 is 2.65 bits per heavy atom. The van der Waals surface area contributed by atoms with Gasteiger partial charge >= 0.3 is 0 Å². The van der Waals surface area contributed by atoms with Gasteiger partial charge in [-0.3, -0.25) is 9.69 Å². The van der Waals surface area contributed by atoms with E-state index < -0.39 is 11.6 Å². The van der Waals surface area contributed by atoms with E-state index in [0.29, 0.717) is 35.9 Å². The van der Waals surface area contributed by atoms with Gasteiger partial charge in [0.2, 0.25) is 5.88 Å². The summed E-state index contributed by atoms with van der Waals surface area (Å²) in [6.45, 7) is 2.58. The Bertz CT molecular complexity index is 1590. The van der Waals surface area contributed by atoms with Crippen molar-refractivity contribution in [1.29, 1.82) is 0 Å². The van der Waals surface area contributed by atoms with Gasteiger partial charge in [-0.05, 0) is 55.5 Å². The normalized spacial score (nSPS) is 17.5. The number of nitrogens with two attached hydrogens (primary N) is 1. The zero-order valence-electron chi connectivity index (χ0n) is 22.4. The summed E-state index contributed by atoms with van der Waals surface area (Å²) < 4.78 is 35.8. The molecule has 2 aliphatic rings. The number of halogens is 2. The van der Waals surface area contributed by atoms with E-state index in [0.717, 1.165) is 62.2 Å². The van der Waals surface area contributed by atoms with Crippen LogP contribution in [0.15, 0.2) is 59.8 Å². The molecule has 208 valence electrons. The third kappa shape index (κ3) is 5.36. The number of pyridine rings is 3. The molecule has 1 atom stereocenters. The van der Waals surface area contributed by atoms with E-state index in [9.17, 15) is 13.6 Å². The van der Waals surface area contributed by atoms with Gasteiger partial charge in [0.25, 0.3) is 0 Å². The van der Waals surface area contributed by atoms with Crippen molar-refractivity contribution in [2.24, 2.45) is 0 Å². The second-order valence-electron chi connectivity index (χ2n) is 10.7. The molecule has 1 saturated carbocycles. The molecule has 1 aliphatic carbocycles. The molecule has 1 aromatic carbocycles. The fraction of sp³-hybridized carbons (Fsp3) is 0.367. The summed E-state index contributed by atoms with van der Waals surface area (Å²) in [4.78, 5) is 26.8. The lowest BCUT2D eigenvalue weighted by atomic mass is 10.0. The van der Waals surface area contributed by atoms with E-state index in [1.165, 1.54) is 0 Å². The monoisotopic (exact) mass is 546 g/mol. The second-order valence-corrected chi connectivity index (χ2v) is 10.7. The topological polar surface area (TPSA) is 89.5 Å². The fourth-order valence-electron chi connectivity index (χ4n) is 5.67. The molecule has 3 aromatic heterocycles. The van der Waals surface area contributed by atoms with Crippen molar-refractivity contribution in [2.45, 2.75) is 50.9 Å². The van der Waals surface area contributed by atoms with Crippen LogP contribution in [0.1, 0.15) is 42.9 Å². The molecule has 0 amide bonds. The number of benzene rings is 1. The van der Waals surface area contributed by atoms with Crippen molar-refractivity contribution in [3.63, 3.8) is 0 Å². The van der Waals surface area contributed by atoms with Gasteiger partial charge in [-0.2, -0.15) is 0 Å². The van der Waals surface area contributed by atoms with Crippen molar-refractivity contribution in [3.05, 3.63) is 88.0 Å². The summed E-state index contributed by atoms with van der Waals surface area (Å²) in [6, 6.07) is 10.1. The minimum absolute atomic E-state index is 0.125. The average molecular weight is 547 g/mol. The summed E-state index contributed by atoms with van der Waals surface area (Å²) >= 11 is 0. The summed E-state index contributed by atoms with van der Waals surface area (Å²) in [5.41, 5.74) is 8.57. The number of piperidine rings is 1. The summed E-state index contributed by atoms with van der Waals surface area (Å²) in [6.07, 6.45) is 9.18. The molecule has 0 radical (unpaired) electrons. The lowest BCUT2D eigenvalue weighted by Gasteiger charge is -2.40. The number of fused-ring (bicyclic) bond motifs is 1. The van der Waals surface area contributed by atoms with Crippen molar-refractivity contribution in [2.75, 3.05) is 30.8 Å². The summed E-state index contributed by atoms with van der Waals surface area (Å²) in [7, 11) is 1.58. The van der Waals surface area contributed by atoms with Crippen LogP contribution < -0.4 is 20.8 Å². The van der Waals surface area contributed by atoms with E-state index in [1.54, 1.807) is 25.6 Å². The Hall–Kier alpha value is -4.05. The predicted molar refractivity (Wildman–Crippen MR) is 150 cm³/mol. The Morgan fingerprint density at radius 2 is 1.90 bits per heavy atom. The van der Waals surface area contributed by atoms with Crippen LogP contribution in [-0.2, 0) is 13.1 Å². The minimum atomic E-state index is -1.01. The molecule has 1 unspecified atom stereocenters. The number of rotatable bonds is 8. The van der Waals surface area contributed by atoms with Crippen molar-refractivity contribution in [1.82, 2.24) is 19.4 Å². The summed E-state index contributed by atoms with van der Waals surface area (Å²) in [5, 5.41) is 0.215. The van der Waals surface area contributed by atoms with Crippen molar-refractivity contribution >= 4 is 22.4 Å². The smallest absolute Gasteiger partial charge is 0.213 e. The molecule has 4 aromatic rings. The molecule has 0 bridgehead atoms.